The molecule has 0 aromatic rings. The van der Waals surface area contributed by atoms with Crippen molar-refractivity contribution in [1.29, 1.82) is 0 Å². The Bertz CT molecular complexity index is 236. The van der Waals surface area contributed by atoms with Crippen LogP contribution in [-0.2, 0) is 4.74 Å². The molecule has 0 aromatic carbocycles. The van der Waals surface area contributed by atoms with Gasteiger partial charge in [-0.3, -0.25) is 4.90 Å². The Labute approximate surface area is 117 Å². The van der Waals surface area contributed by atoms with Crippen LogP contribution >= 0.6 is 0 Å². The first kappa shape index (κ1) is 15.2. The molecule has 19 heavy (non-hydrogen) atoms. The highest BCUT2D eigenvalue weighted by molar-refractivity contribution is 4.78. The number of aliphatic hydroxyl groups excluding tert-OH is 1. The summed E-state index contributed by atoms with van der Waals surface area (Å²) in [5.74, 6) is 0.941. The summed E-state index contributed by atoms with van der Waals surface area (Å²) in [4.78, 5) is 2.30. The summed E-state index contributed by atoms with van der Waals surface area (Å²) in [6, 6.07) is 0.627. The zero-order valence-corrected chi connectivity index (χ0v) is 12.3. The van der Waals surface area contributed by atoms with Crippen molar-refractivity contribution in [3.05, 3.63) is 0 Å². The van der Waals surface area contributed by atoms with Crippen LogP contribution in [0.5, 0.6) is 0 Å². The van der Waals surface area contributed by atoms with E-state index in [2.05, 4.69) is 17.1 Å². The first-order valence-electron chi connectivity index (χ1n) is 7.99. The van der Waals surface area contributed by atoms with E-state index in [0.717, 1.165) is 45.3 Å². The highest BCUT2D eigenvalue weighted by Crippen LogP contribution is 2.26. The van der Waals surface area contributed by atoms with E-state index in [9.17, 15) is 5.11 Å². The smallest absolute Gasteiger partial charge is 0.0791 e. The fraction of sp³-hybridized carbons (Fsp3) is 1.00. The molecule has 1 aliphatic carbocycles. The van der Waals surface area contributed by atoms with Crippen LogP contribution in [0.4, 0.5) is 0 Å². The molecule has 1 atom stereocenters. The van der Waals surface area contributed by atoms with Crippen molar-refractivity contribution in [2.24, 2.45) is 5.92 Å². The molecule has 0 bridgehead atoms. The van der Waals surface area contributed by atoms with Crippen molar-refractivity contribution in [1.82, 2.24) is 10.2 Å². The van der Waals surface area contributed by atoms with E-state index < -0.39 is 0 Å². The number of hydrogen-bond acceptors (Lipinski definition) is 4. The lowest BCUT2D eigenvalue weighted by Gasteiger charge is -2.31. The van der Waals surface area contributed by atoms with Gasteiger partial charge < -0.3 is 15.2 Å². The minimum absolute atomic E-state index is 0.248. The lowest BCUT2D eigenvalue weighted by molar-refractivity contribution is 0.0141. The fourth-order valence-corrected chi connectivity index (χ4v) is 3.22. The maximum atomic E-state index is 10.1. The van der Waals surface area contributed by atoms with Crippen molar-refractivity contribution in [3.8, 4) is 0 Å². The molecular formula is C15H30N2O2. The van der Waals surface area contributed by atoms with Crippen molar-refractivity contribution in [2.75, 3.05) is 39.4 Å². The lowest BCUT2D eigenvalue weighted by Crippen LogP contribution is -2.45. The third kappa shape index (κ3) is 5.38. The highest BCUT2D eigenvalue weighted by Gasteiger charge is 2.21. The highest BCUT2D eigenvalue weighted by atomic mass is 16.5. The zero-order valence-electron chi connectivity index (χ0n) is 12.3. The van der Waals surface area contributed by atoms with E-state index >= 15 is 0 Å². The average Bonchev–Trinajstić information content (AvgIpc) is 2.47. The molecule has 2 fully saturated rings. The number of ether oxygens (including phenoxy) is 1. The summed E-state index contributed by atoms with van der Waals surface area (Å²) in [6.45, 7) is 7.34. The van der Waals surface area contributed by atoms with Crippen molar-refractivity contribution >= 4 is 0 Å². The number of morpholine rings is 1. The van der Waals surface area contributed by atoms with Crippen LogP contribution in [0.3, 0.4) is 0 Å². The van der Waals surface area contributed by atoms with Gasteiger partial charge in [0.15, 0.2) is 0 Å². The van der Waals surface area contributed by atoms with Gasteiger partial charge in [0.05, 0.1) is 19.3 Å². The third-order valence-corrected chi connectivity index (χ3v) is 4.64. The Hall–Kier alpha value is -0.160. The summed E-state index contributed by atoms with van der Waals surface area (Å²) in [6.07, 6.45) is 6.35. The summed E-state index contributed by atoms with van der Waals surface area (Å²) in [5, 5.41) is 13.6. The van der Waals surface area contributed by atoms with Crippen LogP contribution in [0, 0.1) is 5.92 Å². The van der Waals surface area contributed by atoms with Crippen LogP contribution in [-0.4, -0.2) is 61.5 Å². The maximum absolute atomic E-state index is 10.1. The van der Waals surface area contributed by atoms with Gasteiger partial charge in [0.2, 0.25) is 0 Å². The third-order valence-electron chi connectivity index (χ3n) is 4.64. The summed E-state index contributed by atoms with van der Waals surface area (Å²) in [7, 11) is 0. The molecule has 2 N–H and O–H groups in total. The number of nitrogens with one attached hydrogen (secondary N) is 1. The first-order chi connectivity index (χ1) is 9.28. The first-order valence-corrected chi connectivity index (χ1v) is 7.99. The van der Waals surface area contributed by atoms with Crippen LogP contribution in [0.25, 0.3) is 0 Å². The topological polar surface area (TPSA) is 44.7 Å². The normalized spacial score (nSPS) is 31.3. The molecule has 112 valence electrons. The number of rotatable bonds is 6. The molecule has 0 amide bonds. The fourth-order valence-electron chi connectivity index (χ4n) is 3.22. The van der Waals surface area contributed by atoms with E-state index in [1.807, 2.05) is 0 Å². The zero-order chi connectivity index (χ0) is 13.5. The van der Waals surface area contributed by atoms with Gasteiger partial charge in [0.25, 0.3) is 0 Å². The average molecular weight is 270 g/mol. The van der Waals surface area contributed by atoms with Crippen molar-refractivity contribution < 1.29 is 9.84 Å². The van der Waals surface area contributed by atoms with Gasteiger partial charge in [0.1, 0.15) is 0 Å². The quantitative estimate of drug-likeness (QED) is 0.762. The second-order valence-corrected chi connectivity index (χ2v) is 6.10. The SMILES string of the molecule is CCC1CCC(NCC(O)CN2CCOCC2)CC1. The number of nitrogens with zero attached hydrogens (tertiary/aromatic N) is 1. The van der Waals surface area contributed by atoms with E-state index in [-0.39, 0.29) is 6.10 Å². The predicted octanol–water partition coefficient (Wildman–Crippen LogP) is 1.24. The Morgan fingerprint density at radius 3 is 2.53 bits per heavy atom. The van der Waals surface area contributed by atoms with E-state index in [1.165, 1.54) is 32.1 Å². The number of hydrogen-bond donors (Lipinski definition) is 2. The molecule has 1 aliphatic heterocycles. The molecule has 1 saturated carbocycles. The Kier molecular flexibility index (Phi) is 6.57. The van der Waals surface area contributed by atoms with Gasteiger partial charge in [-0.15, -0.1) is 0 Å². The Morgan fingerprint density at radius 1 is 1.21 bits per heavy atom. The standard InChI is InChI=1S/C15H30N2O2/c1-2-13-3-5-14(6-4-13)16-11-15(18)12-17-7-9-19-10-8-17/h13-16,18H,2-12H2,1H3. The van der Waals surface area contributed by atoms with Crippen LogP contribution < -0.4 is 5.32 Å². The second kappa shape index (κ2) is 8.20. The summed E-state index contributed by atoms with van der Waals surface area (Å²) < 4.78 is 5.32. The molecule has 1 heterocycles. The van der Waals surface area contributed by atoms with Crippen LogP contribution in [0.15, 0.2) is 0 Å². The molecule has 1 unspecified atom stereocenters. The van der Waals surface area contributed by atoms with E-state index in [4.69, 9.17) is 4.74 Å². The van der Waals surface area contributed by atoms with Gasteiger partial charge >= 0.3 is 0 Å². The maximum Gasteiger partial charge on any atom is 0.0791 e. The largest absolute Gasteiger partial charge is 0.390 e. The van der Waals surface area contributed by atoms with Crippen LogP contribution in [0.1, 0.15) is 39.0 Å². The predicted molar refractivity (Wildman–Crippen MR) is 77.3 cm³/mol. The van der Waals surface area contributed by atoms with E-state index in [0.29, 0.717) is 6.04 Å². The lowest BCUT2D eigenvalue weighted by atomic mass is 9.84. The van der Waals surface area contributed by atoms with Gasteiger partial charge in [-0.05, 0) is 31.6 Å². The van der Waals surface area contributed by atoms with Gasteiger partial charge in [-0.1, -0.05) is 13.3 Å². The molecule has 2 aliphatic rings. The molecule has 0 aromatic heterocycles. The summed E-state index contributed by atoms with van der Waals surface area (Å²) >= 11 is 0. The Morgan fingerprint density at radius 2 is 1.89 bits per heavy atom. The van der Waals surface area contributed by atoms with Gasteiger partial charge in [-0.25, -0.2) is 0 Å². The van der Waals surface area contributed by atoms with Gasteiger partial charge in [-0.2, -0.15) is 0 Å². The van der Waals surface area contributed by atoms with E-state index in [1.54, 1.807) is 0 Å². The summed E-state index contributed by atoms with van der Waals surface area (Å²) in [5.41, 5.74) is 0. The molecule has 0 radical (unpaired) electrons. The molecule has 0 spiro atoms. The molecular weight excluding hydrogens is 240 g/mol. The van der Waals surface area contributed by atoms with Gasteiger partial charge in [0, 0.05) is 32.2 Å². The minimum atomic E-state index is -0.248. The van der Waals surface area contributed by atoms with Crippen LogP contribution in [0.2, 0.25) is 0 Å². The molecule has 1 saturated heterocycles. The Balaban J connectivity index is 1.57. The second-order valence-electron chi connectivity index (χ2n) is 6.10. The number of aliphatic hydroxyl groups is 1. The molecule has 2 rings (SSSR count). The minimum Gasteiger partial charge on any atom is -0.390 e. The molecule has 4 heteroatoms. The van der Waals surface area contributed by atoms with Crippen molar-refractivity contribution in [3.63, 3.8) is 0 Å². The number of β-amino-alcohol motifs (C(OH)–C–C–N with tert-alkyl or cyclic N) is 1. The molecule has 4 nitrogen and oxygen atoms in total. The van der Waals surface area contributed by atoms with Crippen molar-refractivity contribution in [2.45, 2.75) is 51.2 Å². The monoisotopic (exact) mass is 270 g/mol.